The number of nitrogens with one attached hydrogen (secondary N) is 2. The number of rotatable bonds is 3. The standard InChI is InChI=1S/C9H14N4O2/c1-6(8(14)10-2)12-7-9(15)13(3)5-4-11-7/h4-6H,1-3H3,(H,10,14)(H,11,12). The van der Waals surface area contributed by atoms with Crippen LogP contribution in [0.3, 0.4) is 0 Å². The summed E-state index contributed by atoms with van der Waals surface area (Å²) in [6.45, 7) is 1.66. The van der Waals surface area contributed by atoms with Gasteiger partial charge in [-0.2, -0.15) is 0 Å². The van der Waals surface area contributed by atoms with Crippen LogP contribution in [0.15, 0.2) is 17.2 Å². The molecule has 1 aromatic heterocycles. The number of aromatic nitrogens is 2. The third kappa shape index (κ3) is 2.55. The Balaban J connectivity index is 2.86. The smallest absolute Gasteiger partial charge is 0.293 e. The molecule has 1 aromatic rings. The molecule has 0 bridgehead atoms. The van der Waals surface area contributed by atoms with Gasteiger partial charge in [-0.1, -0.05) is 0 Å². The van der Waals surface area contributed by atoms with Gasteiger partial charge in [-0.25, -0.2) is 4.98 Å². The first kappa shape index (κ1) is 11.2. The maximum Gasteiger partial charge on any atom is 0.293 e. The number of aryl methyl sites for hydroxylation is 1. The highest BCUT2D eigenvalue weighted by Crippen LogP contribution is 1.95. The Kier molecular flexibility index (Phi) is 3.43. The zero-order chi connectivity index (χ0) is 11.4. The molecular weight excluding hydrogens is 196 g/mol. The first-order valence-corrected chi connectivity index (χ1v) is 4.56. The molecule has 0 aliphatic carbocycles. The van der Waals surface area contributed by atoms with Crippen LogP contribution in [0, 0.1) is 0 Å². The van der Waals surface area contributed by atoms with Gasteiger partial charge in [0.05, 0.1) is 0 Å². The van der Waals surface area contributed by atoms with Gasteiger partial charge in [0, 0.05) is 26.5 Å². The molecule has 6 nitrogen and oxygen atoms in total. The van der Waals surface area contributed by atoms with Crippen molar-refractivity contribution >= 4 is 11.7 Å². The molecule has 1 heterocycles. The molecule has 1 atom stereocenters. The van der Waals surface area contributed by atoms with E-state index in [0.717, 1.165) is 0 Å². The lowest BCUT2D eigenvalue weighted by molar-refractivity contribution is -0.121. The monoisotopic (exact) mass is 210 g/mol. The van der Waals surface area contributed by atoms with E-state index in [1.165, 1.54) is 17.8 Å². The van der Waals surface area contributed by atoms with Crippen molar-refractivity contribution in [2.75, 3.05) is 12.4 Å². The molecule has 1 rings (SSSR count). The maximum absolute atomic E-state index is 11.5. The van der Waals surface area contributed by atoms with E-state index in [1.807, 2.05) is 0 Å². The van der Waals surface area contributed by atoms with E-state index in [1.54, 1.807) is 20.2 Å². The SMILES string of the molecule is CNC(=O)C(C)Nc1nccn(C)c1=O. The predicted octanol–water partition coefficient (Wildman–Crippen LogP) is -0.673. The van der Waals surface area contributed by atoms with Gasteiger partial charge >= 0.3 is 0 Å². The molecule has 0 fully saturated rings. The summed E-state index contributed by atoms with van der Waals surface area (Å²) >= 11 is 0. The van der Waals surface area contributed by atoms with E-state index >= 15 is 0 Å². The molecule has 2 N–H and O–H groups in total. The molecule has 0 aliphatic heterocycles. The van der Waals surface area contributed by atoms with Gasteiger partial charge in [-0.15, -0.1) is 0 Å². The predicted molar refractivity (Wildman–Crippen MR) is 56.6 cm³/mol. The highest BCUT2D eigenvalue weighted by atomic mass is 16.2. The van der Waals surface area contributed by atoms with Gasteiger partial charge in [-0.3, -0.25) is 9.59 Å². The van der Waals surface area contributed by atoms with Crippen molar-refractivity contribution in [2.24, 2.45) is 7.05 Å². The van der Waals surface area contributed by atoms with Crippen molar-refractivity contribution < 1.29 is 4.79 Å². The third-order valence-corrected chi connectivity index (χ3v) is 2.01. The van der Waals surface area contributed by atoms with Crippen molar-refractivity contribution in [3.05, 3.63) is 22.7 Å². The summed E-state index contributed by atoms with van der Waals surface area (Å²) in [6.07, 6.45) is 3.05. The molecule has 1 amide bonds. The Morgan fingerprint density at radius 3 is 2.87 bits per heavy atom. The van der Waals surface area contributed by atoms with E-state index in [4.69, 9.17) is 0 Å². The second kappa shape index (κ2) is 4.59. The average molecular weight is 210 g/mol. The number of amides is 1. The molecule has 1 unspecified atom stereocenters. The highest BCUT2D eigenvalue weighted by Gasteiger charge is 2.12. The zero-order valence-corrected chi connectivity index (χ0v) is 8.94. The third-order valence-electron chi connectivity index (χ3n) is 2.01. The minimum absolute atomic E-state index is 0.177. The molecule has 82 valence electrons. The fraction of sp³-hybridized carbons (Fsp3) is 0.444. The van der Waals surface area contributed by atoms with Crippen LogP contribution in [0.1, 0.15) is 6.92 Å². The van der Waals surface area contributed by atoms with Crippen molar-refractivity contribution in [2.45, 2.75) is 13.0 Å². The quantitative estimate of drug-likeness (QED) is 0.693. The van der Waals surface area contributed by atoms with Crippen LogP contribution in [0.2, 0.25) is 0 Å². The van der Waals surface area contributed by atoms with E-state index in [2.05, 4.69) is 15.6 Å². The van der Waals surface area contributed by atoms with Gasteiger partial charge in [0.2, 0.25) is 5.91 Å². The molecule has 0 aromatic carbocycles. The van der Waals surface area contributed by atoms with Crippen LogP contribution in [-0.4, -0.2) is 28.5 Å². The van der Waals surface area contributed by atoms with Crippen molar-refractivity contribution in [1.29, 1.82) is 0 Å². The van der Waals surface area contributed by atoms with Crippen LogP contribution < -0.4 is 16.2 Å². The lowest BCUT2D eigenvalue weighted by Gasteiger charge is -2.12. The summed E-state index contributed by atoms with van der Waals surface area (Å²) in [7, 11) is 3.16. The summed E-state index contributed by atoms with van der Waals surface area (Å²) in [6, 6.07) is -0.488. The van der Waals surface area contributed by atoms with Crippen molar-refractivity contribution in [3.8, 4) is 0 Å². The van der Waals surface area contributed by atoms with Gasteiger partial charge < -0.3 is 15.2 Å². The fourth-order valence-electron chi connectivity index (χ4n) is 1.08. The maximum atomic E-state index is 11.5. The van der Waals surface area contributed by atoms with E-state index in [0.29, 0.717) is 0 Å². The molecule has 15 heavy (non-hydrogen) atoms. The first-order valence-electron chi connectivity index (χ1n) is 4.56. The minimum Gasteiger partial charge on any atom is -0.357 e. The van der Waals surface area contributed by atoms with Gasteiger partial charge in [-0.05, 0) is 6.92 Å². The molecule has 0 radical (unpaired) electrons. The second-order valence-electron chi connectivity index (χ2n) is 3.17. The topological polar surface area (TPSA) is 76.0 Å². The second-order valence-corrected chi connectivity index (χ2v) is 3.17. The Morgan fingerprint density at radius 2 is 2.27 bits per heavy atom. The normalized spacial score (nSPS) is 11.9. The molecule has 0 spiro atoms. The van der Waals surface area contributed by atoms with Crippen LogP contribution in [0.25, 0.3) is 0 Å². The summed E-state index contributed by atoms with van der Waals surface area (Å²) in [5.41, 5.74) is -0.256. The zero-order valence-electron chi connectivity index (χ0n) is 8.94. The molecule has 6 heteroatoms. The van der Waals surface area contributed by atoms with Crippen LogP contribution in [-0.2, 0) is 11.8 Å². The first-order chi connectivity index (χ1) is 7.06. The number of hydrogen-bond donors (Lipinski definition) is 2. The number of carbonyl (C=O) groups is 1. The van der Waals surface area contributed by atoms with Crippen molar-refractivity contribution in [3.63, 3.8) is 0 Å². The van der Waals surface area contributed by atoms with Gasteiger partial charge in [0.15, 0.2) is 5.82 Å². The number of anilines is 1. The van der Waals surface area contributed by atoms with Crippen LogP contribution >= 0.6 is 0 Å². The minimum atomic E-state index is -0.488. The Hall–Kier alpha value is -1.85. The summed E-state index contributed by atoms with van der Waals surface area (Å²) in [5.74, 6) is -0.0150. The van der Waals surface area contributed by atoms with Gasteiger partial charge in [0.1, 0.15) is 6.04 Å². The summed E-state index contributed by atoms with van der Waals surface area (Å²) in [4.78, 5) is 26.6. The number of carbonyl (C=O) groups excluding carboxylic acids is 1. The largest absolute Gasteiger partial charge is 0.357 e. The number of likely N-dealkylation sites (N-methyl/N-ethyl adjacent to an activating group) is 1. The highest BCUT2D eigenvalue weighted by molar-refractivity contribution is 5.83. The Bertz CT molecular complexity index is 413. The van der Waals surface area contributed by atoms with Crippen LogP contribution in [0.4, 0.5) is 5.82 Å². The Morgan fingerprint density at radius 1 is 1.60 bits per heavy atom. The van der Waals surface area contributed by atoms with E-state index in [9.17, 15) is 9.59 Å². The fourth-order valence-corrected chi connectivity index (χ4v) is 1.08. The average Bonchev–Trinajstić information content (AvgIpc) is 2.23. The summed E-state index contributed by atoms with van der Waals surface area (Å²) in [5, 5.41) is 5.23. The molecule has 0 saturated carbocycles. The number of nitrogens with zero attached hydrogens (tertiary/aromatic N) is 2. The molecular formula is C9H14N4O2. The van der Waals surface area contributed by atoms with Gasteiger partial charge in [0.25, 0.3) is 5.56 Å². The lowest BCUT2D eigenvalue weighted by Crippen LogP contribution is -2.37. The van der Waals surface area contributed by atoms with Crippen LogP contribution in [0.5, 0.6) is 0 Å². The molecule has 0 saturated heterocycles. The lowest BCUT2D eigenvalue weighted by atomic mass is 10.3. The van der Waals surface area contributed by atoms with E-state index < -0.39 is 6.04 Å². The number of hydrogen-bond acceptors (Lipinski definition) is 4. The molecule has 0 aliphatic rings. The van der Waals surface area contributed by atoms with Crippen molar-refractivity contribution in [1.82, 2.24) is 14.9 Å². The Labute approximate surface area is 87.3 Å². The summed E-state index contributed by atoms with van der Waals surface area (Å²) < 4.78 is 1.39. The van der Waals surface area contributed by atoms with E-state index in [-0.39, 0.29) is 17.3 Å².